The predicted molar refractivity (Wildman–Crippen MR) is 73.6 cm³/mol. The zero-order valence-corrected chi connectivity index (χ0v) is 12.5. The summed E-state index contributed by atoms with van der Waals surface area (Å²) in [6, 6.07) is 1.94. The topological polar surface area (TPSA) is 35.5 Å². The molecule has 1 aromatic rings. The Hall–Kier alpha value is -1.03. The fourth-order valence-corrected chi connectivity index (χ4v) is 3.27. The molecule has 2 rings (SSSR count). The molecule has 1 aliphatic heterocycles. The summed E-state index contributed by atoms with van der Waals surface area (Å²) in [5.41, 5.74) is 2.16. The zero-order valence-electron chi connectivity index (χ0n) is 10.9. The highest BCUT2D eigenvalue weighted by molar-refractivity contribution is 9.10. The van der Waals surface area contributed by atoms with Crippen LogP contribution in [-0.2, 0) is 11.2 Å². The number of benzene rings is 1. The van der Waals surface area contributed by atoms with Crippen LogP contribution >= 0.6 is 15.9 Å². The summed E-state index contributed by atoms with van der Waals surface area (Å²) in [5, 5.41) is 0. The van der Waals surface area contributed by atoms with Gasteiger partial charge in [-0.2, -0.15) is 0 Å². The number of ketones is 1. The molecular formula is C14H17BrO3. The van der Waals surface area contributed by atoms with Gasteiger partial charge in [0.05, 0.1) is 4.47 Å². The van der Waals surface area contributed by atoms with Gasteiger partial charge >= 0.3 is 0 Å². The molecule has 1 aliphatic rings. The normalized spacial score (nSPS) is 13.8. The molecule has 3 nitrogen and oxygen atoms in total. The van der Waals surface area contributed by atoms with Gasteiger partial charge in [-0.1, -0.05) is 13.8 Å². The van der Waals surface area contributed by atoms with E-state index in [4.69, 9.17) is 9.47 Å². The summed E-state index contributed by atoms with van der Waals surface area (Å²) in [4.78, 5) is 11.4. The summed E-state index contributed by atoms with van der Waals surface area (Å²) in [6.07, 6.45) is 0.433. The molecule has 0 aromatic heterocycles. The Balaban J connectivity index is 2.57. The lowest BCUT2D eigenvalue weighted by Crippen LogP contribution is -2.17. The quantitative estimate of drug-likeness (QED) is 0.857. The molecule has 0 saturated heterocycles. The minimum Gasteiger partial charge on any atom is -0.486 e. The average molecular weight is 313 g/mol. The van der Waals surface area contributed by atoms with Crippen LogP contribution in [-0.4, -0.2) is 19.0 Å². The van der Waals surface area contributed by atoms with Gasteiger partial charge in [0.15, 0.2) is 11.5 Å². The zero-order chi connectivity index (χ0) is 13.3. The molecule has 0 radical (unpaired) electrons. The lowest BCUT2D eigenvalue weighted by atomic mass is 9.93. The Morgan fingerprint density at radius 1 is 1.39 bits per heavy atom. The highest BCUT2D eigenvalue weighted by atomic mass is 79.9. The van der Waals surface area contributed by atoms with Crippen LogP contribution in [0.1, 0.15) is 37.8 Å². The second-order valence-corrected chi connectivity index (χ2v) is 5.61. The maximum absolute atomic E-state index is 11.4. The summed E-state index contributed by atoms with van der Waals surface area (Å²) < 4.78 is 12.2. The van der Waals surface area contributed by atoms with E-state index in [0.717, 1.165) is 27.1 Å². The molecule has 0 amide bonds. The Morgan fingerprint density at radius 2 is 2.06 bits per heavy atom. The summed E-state index contributed by atoms with van der Waals surface area (Å²) in [6.45, 7) is 6.95. The molecule has 98 valence electrons. The first kappa shape index (κ1) is 13.4. The van der Waals surface area contributed by atoms with Gasteiger partial charge in [0.25, 0.3) is 0 Å². The molecule has 0 unspecified atom stereocenters. The fourth-order valence-electron chi connectivity index (χ4n) is 2.25. The van der Waals surface area contributed by atoms with Crippen molar-refractivity contribution in [3.8, 4) is 11.5 Å². The van der Waals surface area contributed by atoms with Gasteiger partial charge in [-0.3, -0.25) is 4.79 Å². The molecule has 0 atom stereocenters. The number of Topliss-reactive ketones (excluding diaryl/α,β-unsaturated/α-hetero) is 1. The second kappa shape index (κ2) is 5.31. The van der Waals surface area contributed by atoms with E-state index < -0.39 is 0 Å². The van der Waals surface area contributed by atoms with E-state index in [1.807, 2.05) is 6.07 Å². The number of fused-ring (bicyclic) bond motifs is 1. The predicted octanol–water partition coefficient (Wildman–Crippen LogP) is 3.48. The van der Waals surface area contributed by atoms with E-state index in [2.05, 4.69) is 29.8 Å². The molecule has 4 heteroatoms. The minimum atomic E-state index is 0.153. The number of halogens is 1. The minimum absolute atomic E-state index is 0.153. The largest absolute Gasteiger partial charge is 0.486 e. The smallest absolute Gasteiger partial charge is 0.175 e. The lowest BCUT2D eigenvalue weighted by Gasteiger charge is -2.24. The third-order valence-electron chi connectivity index (χ3n) is 2.91. The number of hydrogen-bond acceptors (Lipinski definition) is 3. The van der Waals surface area contributed by atoms with Crippen LogP contribution in [0.4, 0.5) is 0 Å². The van der Waals surface area contributed by atoms with Crippen LogP contribution in [0, 0.1) is 0 Å². The molecule has 0 saturated carbocycles. The van der Waals surface area contributed by atoms with Gasteiger partial charge in [0.1, 0.15) is 19.0 Å². The SMILES string of the molecule is CC(=O)Cc1cc2c(c(Br)c1C(C)C)OCCO2. The Kier molecular flexibility index (Phi) is 3.95. The van der Waals surface area contributed by atoms with E-state index in [-0.39, 0.29) is 5.78 Å². The van der Waals surface area contributed by atoms with Gasteiger partial charge in [-0.05, 0) is 46.0 Å². The van der Waals surface area contributed by atoms with Crippen LogP contribution in [0.25, 0.3) is 0 Å². The Morgan fingerprint density at radius 3 is 2.67 bits per heavy atom. The number of ether oxygens (including phenoxy) is 2. The first-order valence-corrected chi connectivity index (χ1v) is 6.90. The number of carbonyl (C=O) groups is 1. The Labute approximate surface area is 116 Å². The van der Waals surface area contributed by atoms with Gasteiger partial charge in [0, 0.05) is 6.42 Å². The van der Waals surface area contributed by atoms with Crippen molar-refractivity contribution in [2.24, 2.45) is 0 Å². The van der Waals surface area contributed by atoms with Crippen molar-refractivity contribution in [2.45, 2.75) is 33.1 Å². The second-order valence-electron chi connectivity index (χ2n) is 4.82. The van der Waals surface area contributed by atoms with E-state index in [1.165, 1.54) is 0 Å². The molecule has 0 N–H and O–H groups in total. The van der Waals surface area contributed by atoms with Gasteiger partial charge in [0.2, 0.25) is 0 Å². The molecule has 0 spiro atoms. The first-order chi connectivity index (χ1) is 8.50. The maximum Gasteiger partial charge on any atom is 0.175 e. The van der Waals surface area contributed by atoms with Crippen molar-refractivity contribution >= 4 is 21.7 Å². The van der Waals surface area contributed by atoms with E-state index in [1.54, 1.807) is 6.92 Å². The molecule has 18 heavy (non-hydrogen) atoms. The molecule has 1 heterocycles. The number of rotatable bonds is 3. The van der Waals surface area contributed by atoms with Crippen LogP contribution in [0.2, 0.25) is 0 Å². The maximum atomic E-state index is 11.4. The van der Waals surface area contributed by atoms with Crippen LogP contribution < -0.4 is 9.47 Å². The molecular weight excluding hydrogens is 296 g/mol. The van der Waals surface area contributed by atoms with Gasteiger partial charge in [-0.25, -0.2) is 0 Å². The van der Waals surface area contributed by atoms with Crippen molar-refractivity contribution in [3.63, 3.8) is 0 Å². The van der Waals surface area contributed by atoms with Crippen molar-refractivity contribution in [3.05, 3.63) is 21.7 Å². The fraction of sp³-hybridized carbons (Fsp3) is 0.500. The standard InChI is InChI=1S/C14H17BrO3/c1-8(2)12-10(6-9(3)16)7-11-14(13(12)15)18-5-4-17-11/h7-8H,4-6H2,1-3H3. The molecule has 0 aliphatic carbocycles. The molecule has 1 aromatic carbocycles. The van der Waals surface area contributed by atoms with Crippen LogP contribution in [0.15, 0.2) is 10.5 Å². The first-order valence-electron chi connectivity index (χ1n) is 6.11. The Bertz CT molecular complexity index is 480. The average Bonchev–Trinajstić information content (AvgIpc) is 2.27. The monoisotopic (exact) mass is 312 g/mol. The van der Waals surface area contributed by atoms with Gasteiger partial charge < -0.3 is 9.47 Å². The lowest BCUT2D eigenvalue weighted by molar-refractivity contribution is -0.116. The van der Waals surface area contributed by atoms with E-state index in [0.29, 0.717) is 25.6 Å². The number of carbonyl (C=O) groups excluding carboxylic acids is 1. The summed E-state index contributed by atoms with van der Waals surface area (Å²) in [5.74, 6) is 1.97. The highest BCUT2D eigenvalue weighted by Gasteiger charge is 2.23. The highest BCUT2D eigenvalue weighted by Crippen LogP contribution is 2.44. The third-order valence-corrected chi connectivity index (χ3v) is 3.70. The van der Waals surface area contributed by atoms with E-state index in [9.17, 15) is 4.79 Å². The van der Waals surface area contributed by atoms with E-state index >= 15 is 0 Å². The molecule has 0 bridgehead atoms. The van der Waals surface area contributed by atoms with Gasteiger partial charge in [-0.15, -0.1) is 0 Å². The van der Waals surface area contributed by atoms with Crippen molar-refractivity contribution in [2.75, 3.05) is 13.2 Å². The van der Waals surface area contributed by atoms with Crippen molar-refractivity contribution in [1.29, 1.82) is 0 Å². The van der Waals surface area contributed by atoms with Crippen molar-refractivity contribution < 1.29 is 14.3 Å². The molecule has 0 fully saturated rings. The van der Waals surface area contributed by atoms with Crippen molar-refractivity contribution in [1.82, 2.24) is 0 Å². The third kappa shape index (κ3) is 2.53. The number of hydrogen-bond donors (Lipinski definition) is 0. The summed E-state index contributed by atoms with van der Waals surface area (Å²) in [7, 11) is 0. The summed E-state index contributed by atoms with van der Waals surface area (Å²) >= 11 is 3.59. The van der Waals surface area contributed by atoms with Crippen LogP contribution in [0.3, 0.4) is 0 Å². The van der Waals surface area contributed by atoms with Crippen LogP contribution in [0.5, 0.6) is 11.5 Å².